The molecule has 2 atom stereocenters. The first-order valence-electron chi connectivity index (χ1n) is 49.9. The first kappa shape index (κ1) is 101. The van der Waals surface area contributed by atoms with E-state index in [1.807, 2.05) is 150 Å². The number of nitriles is 4. The molecular formula is C114H113N31O4. The Bertz CT molecular complexity index is 8000. The molecule has 0 bridgehead atoms. The van der Waals surface area contributed by atoms with E-state index in [4.69, 9.17) is 45.6 Å². The summed E-state index contributed by atoms with van der Waals surface area (Å²) in [6.45, 7) is 8.25. The minimum absolute atomic E-state index is 0.0923. The molecule has 19 heterocycles. The fourth-order valence-corrected chi connectivity index (χ4v) is 21.1. The summed E-state index contributed by atoms with van der Waals surface area (Å²) >= 11 is 0. The minimum atomic E-state index is -0.380. The van der Waals surface area contributed by atoms with Crippen LogP contribution in [0.15, 0.2) is 197 Å². The van der Waals surface area contributed by atoms with Crippen LogP contribution in [0.4, 0.5) is 9.59 Å². The van der Waals surface area contributed by atoms with Crippen molar-refractivity contribution < 1.29 is 19.2 Å². The van der Waals surface area contributed by atoms with Crippen LogP contribution in [-0.4, -0.2) is 194 Å². The summed E-state index contributed by atoms with van der Waals surface area (Å²) in [5.41, 5.74) is 24.2. The maximum absolute atomic E-state index is 12.1. The fraction of sp³-hybridized carbons (Fsp3) is 0.333. The quantitative estimate of drug-likeness (QED) is 0.0442. The molecule has 5 N–H and O–H groups in total. The number of piperidine rings is 3. The monoisotopic (exact) mass is 1980 g/mol. The number of aromatic nitrogens is 20. The minimum Gasteiger partial charge on any atom is -0.339 e. The van der Waals surface area contributed by atoms with Gasteiger partial charge in [0.2, 0.25) is 0 Å². The molecule has 21 rings (SSSR count). The van der Waals surface area contributed by atoms with E-state index in [2.05, 4.69) is 183 Å². The van der Waals surface area contributed by atoms with Crippen molar-refractivity contribution in [1.82, 2.24) is 134 Å². The Kier molecular flexibility index (Phi) is 30.2. The highest BCUT2D eigenvalue weighted by molar-refractivity contribution is 5.95. The van der Waals surface area contributed by atoms with Gasteiger partial charge < -0.3 is 36.4 Å². The highest BCUT2D eigenvalue weighted by atomic mass is 16.2. The third-order valence-electron chi connectivity index (χ3n) is 29.6. The fourth-order valence-electron chi connectivity index (χ4n) is 21.1. The van der Waals surface area contributed by atoms with Gasteiger partial charge in [0.1, 0.15) is 24.3 Å². The highest BCUT2D eigenvalue weighted by Crippen LogP contribution is 2.48. The van der Waals surface area contributed by atoms with Gasteiger partial charge in [0.25, 0.3) is 11.8 Å². The van der Waals surface area contributed by atoms with Crippen molar-refractivity contribution in [2.45, 2.75) is 147 Å². The summed E-state index contributed by atoms with van der Waals surface area (Å²) < 4.78 is 14.1. The molecule has 2 aliphatic carbocycles. The highest BCUT2D eigenvalue weighted by Gasteiger charge is 2.40. The number of hydrogen-bond donors (Lipinski definition) is 5. The van der Waals surface area contributed by atoms with Crippen LogP contribution >= 0.6 is 0 Å². The van der Waals surface area contributed by atoms with E-state index < -0.39 is 0 Å². The van der Waals surface area contributed by atoms with Gasteiger partial charge >= 0.3 is 12.1 Å². The molecule has 2 unspecified atom stereocenters. The Labute approximate surface area is 863 Å². The molecule has 0 radical (unpaired) electrons. The zero-order valence-corrected chi connectivity index (χ0v) is 84.0. The van der Waals surface area contributed by atoms with Gasteiger partial charge in [-0.1, -0.05) is 36.1 Å². The number of amides is 6. The maximum atomic E-state index is 12.1. The van der Waals surface area contributed by atoms with Crippen LogP contribution in [0.5, 0.6) is 0 Å². The SMILES string of the molecule is C#CC(=O)N1CCC2(CCC(Cc3ccc(-c4cc(-c5cnn(C)c5)cn5ncc(C#N)c45)cn3)CC2)CC1.C#CC(=O)NC1(C)CCC(Cc2ccc(-c3cc(-c4cnn(C)c4)cn4ncc(C#N)c34)cn2)NC1.C#CCNC(=O)N1CCC(Cc2ccc(-c3cc(-c4cnn(C)c4)cn4ncc(C#N)c34)cn2)CC1.C#CCNC(=O)NC1(C)CCC(Cc2ccc(-c3cc(-c4cnn(C)c4)cn4ncc(C#N)c34)cn2)CC1. The van der Waals surface area contributed by atoms with E-state index in [1.165, 1.54) is 25.7 Å². The first-order valence-corrected chi connectivity index (χ1v) is 49.9. The average Bonchev–Trinajstić information content (AvgIpc) is 1.64. The van der Waals surface area contributed by atoms with Crippen LogP contribution in [0.1, 0.15) is 149 Å². The third kappa shape index (κ3) is 23.3. The van der Waals surface area contributed by atoms with E-state index in [0.717, 1.165) is 250 Å². The van der Waals surface area contributed by atoms with E-state index in [1.54, 1.807) is 67.8 Å². The smallest absolute Gasteiger partial charge is 0.318 e. The molecule has 3 saturated heterocycles. The molecule has 5 fully saturated rings. The number of rotatable bonds is 20. The molecular weight excluding hydrogens is 1870 g/mol. The first-order chi connectivity index (χ1) is 72.3. The summed E-state index contributed by atoms with van der Waals surface area (Å²) in [6, 6.07) is 33.8. The lowest BCUT2D eigenvalue weighted by Gasteiger charge is -2.45. The predicted octanol–water partition coefficient (Wildman–Crippen LogP) is 14.5. The van der Waals surface area contributed by atoms with E-state index in [9.17, 15) is 40.2 Å². The van der Waals surface area contributed by atoms with Crippen molar-refractivity contribution >= 4 is 45.9 Å². The molecule has 35 heteroatoms. The molecule has 5 aliphatic rings. The van der Waals surface area contributed by atoms with Crippen molar-refractivity contribution in [1.29, 1.82) is 21.0 Å². The topological polar surface area (TPSA) is 422 Å². The van der Waals surface area contributed by atoms with E-state index in [0.29, 0.717) is 52.0 Å². The van der Waals surface area contributed by atoms with Gasteiger partial charge in [-0.15, -0.1) is 25.7 Å². The number of carbonyl (C=O) groups is 4. The largest absolute Gasteiger partial charge is 0.339 e. The zero-order chi connectivity index (χ0) is 104. The van der Waals surface area contributed by atoms with Gasteiger partial charge in [0, 0.05) is 265 Å². The average molecular weight is 1980 g/mol. The Morgan fingerprint density at radius 1 is 0.369 bits per heavy atom. The van der Waals surface area contributed by atoms with Gasteiger partial charge in [0.15, 0.2) is 0 Å². The Morgan fingerprint density at radius 3 is 1.03 bits per heavy atom. The second kappa shape index (κ2) is 44.6. The van der Waals surface area contributed by atoms with Gasteiger partial charge in [-0.3, -0.25) is 48.3 Å². The number of carbonyl (C=O) groups excluding carboxylic acids is 4. The van der Waals surface area contributed by atoms with Crippen LogP contribution in [-0.2, 0) is 63.5 Å². The number of nitrogens with one attached hydrogen (secondary N) is 5. The molecule has 6 amide bonds. The summed E-state index contributed by atoms with van der Waals surface area (Å²) in [5.74, 6) is 10.3. The van der Waals surface area contributed by atoms with Crippen molar-refractivity contribution in [3.8, 4) is 163 Å². The van der Waals surface area contributed by atoms with Crippen molar-refractivity contribution in [2.75, 3.05) is 45.8 Å². The number of pyridine rings is 8. The van der Waals surface area contributed by atoms with Crippen molar-refractivity contribution in [3.05, 3.63) is 242 Å². The molecule has 35 nitrogen and oxygen atoms in total. The molecule has 2 saturated carbocycles. The molecule has 0 aromatic carbocycles. The zero-order valence-electron chi connectivity index (χ0n) is 84.0. The Morgan fingerprint density at radius 2 is 0.718 bits per heavy atom. The number of terminal acetylenes is 4. The van der Waals surface area contributed by atoms with Gasteiger partial charge in [0.05, 0.1) is 113 Å². The number of likely N-dealkylation sites (tertiary alicyclic amines) is 2. The molecule has 16 aromatic heterocycles. The van der Waals surface area contributed by atoms with Crippen LogP contribution in [0.2, 0.25) is 0 Å². The van der Waals surface area contributed by atoms with Crippen LogP contribution in [0.3, 0.4) is 0 Å². The molecule has 3 aliphatic heterocycles. The molecule has 149 heavy (non-hydrogen) atoms. The lowest BCUT2D eigenvalue weighted by molar-refractivity contribution is -0.127. The summed E-state index contributed by atoms with van der Waals surface area (Å²) in [5, 5.41) is 88.4. The van der Waals surface area contributed by atoms with Gasteiger partial charge in [-0.25, -0.2) is 27.7 Å². The molecule has 748 valence electrons. The van der Waals surface area contributed by atoms with Crippen LogP contribution in [0.25, 0.3) is 111 Å². The standard InChI is InChI=1S/C31H31N7O.C29H30N8O.2C27H26N8O/c1-3-29(39)37-12-10-31(11-13-37)8-6-22(7-9-31)14-27-5-4-23(17-33-27)28-15-24(26-19-34-36(2)20-26)21-38-30(28)25(16-32)18-35-38;1-4-11-31-28(38)35-29(2)9-7-20(8-10-29)12-25-6-5-21(15-32-25)26-13-22(24-17-33-36(3)18-24)19-37-27(26)23(14-30)16-34-37;1-4-25(36)33-27(2)8-7-23(30-17-27)10-22-6-5-18(12-29-22)24-9-19(21-14-31-34(3)15-21)16-35-26(24)20(11-28)13-32-35;1-3-8-29-27(36)34-9-6-19(7-10-34)11-24-5-4-20(14-30-24)25-12-21(23-16-31-33(2)17-23)18-35-26(25)22(13-28)15-32-35/h1,4-5,15,17-22H,6-14H2,2H3;1,5-6,13,15-20H,7-12H2,2-3H3,(H2,31,35,38);1,5-6,9,12-16,23,30H,7-8,10,17H2,2-3H3,(H,33,36);1,4-5,12,14-19H,6-11H2,2H3,(H,29,36). The second-order valence-corrected chi connectivity index (χ2v) is 40.0. The number of nitrogens with zero attached hydrogens (tertiary/aromatic N) is 26. The normalized spacial score (nSPS) is 17.4. The number of hydrogen-bond acceptors (Lipinski definition) is 21. The molecule has 1 spiro atoms. The summed E-state index contributed by atoms with van der Waals surface area (Å²) in [7, 11) is 7.54. The lowest BCUT2D eigenvalue weighted by atomic mass is 9.65. The van der Waals surface area contributed by atoms with E-state index >= 15 is 0 Å². The van der Waals surface area contributed by atoms with Crippen LogP contribution in [0, 0.1) is 118 Å². The lowest BCUT2D eigenvalue weighted by Crippen LogP contribution is -2.58. The number of aryl methyl sites for hydroxylation is 4. The second-order valence-electron chi connectivity index (χ2n) is 40.0. The maximum Gasteiger partial charge on any atom is 0.318 e. The van der Waals surface area contributed by atoms with Crippen LogP contribution < -0.4 is 26.6 Å². The van der Waals surface area contributed by atoms with Gasteiger partial charge in [-0.05, 0) is 207 Å². The molecule has 16 aromatic rings. The third-order valence-corrected chi connectivity index (χ3v) is 29.6. The summed E-state index contributed by atoms with van der Waals surface area (Å²) in [6.07, 6.45) is 75.5. The number of urea groups is 2. The van der Waals surface area contributed by atoms with E-state index in [-0.39, 0.29) is 54.1 Å². The van der Waals surface area contributed by atoms with Gasteiger partial charge in [-0.2, -0.15) is 61.8 Å². The van der Waals surface area contributed by atoms with Crippen molar-refractivity contribution in [2.24, 2.45) is 51.4 Å². The number of fused-ring (bicyclic) bond motifs is 4. The Hall–Kier alpha value is -18.2. The summed E-state index contributed by atoms with van der Waals surface area (Å²) in [4.78, 5) is 70.4. The predicted molar refractivity (Wildman–Crippen MR) is 564 cm³/mol. The Balaban J connectivity index is 0.000000130. The van der Waals surface area contributed by atoms with Crippen molar-refractivity contribution in [3.63, 3.8) is 0 Å².